The molecule has 0 radical (unpaired) electrons. The molecule has 3 aromatic rings. The quantitative estimate of drug-likeness (QED) is 0.679. The summed E-state index contributed by atoms with van der Waals surface area (Å²) >= 11 is 3.40. The monoisotopic (exact) mass is 385 g/mol. The minimum Gasteiger partial charge on any atom is -0.494 e. The lowest BCUT2D eigenvalue weighted by Crippen LogP contribution is -2.12. The summed E-state index contributed by atoms with van der Waals surface area (Å²) in [7, 11) is 0. The molecule has 0 spiro atoms. The SMILES string of the molecule is CCOc1ccc(NC(=O)c2cc(-c3ccc(Br)cc3)n[nH]2)cc1. The van der Waals surface area contributed by atoms with Crippen LogP contribution >= 0.6 is 15.9 Å². The Kier molecular flexibility index (Phi) is 4.96. The zero-order chi connectivity index (χ0) is 16.9. The molecule has 122 valence electrons. The van der Waals surface area contributed by atoms with E-state index < -0.39 is 0 Å². The highest BCUT2D eigenvalue weighted by Crippen LogP contribution is 2.21. The number of benzene rings is 2. The molecule has 0 saturated carbocycles. The Bertz CT molecular complexity index is 826. The largest absolute Gasteiger partial charge is 0.494 e. The van der Waals surface area contributed by atoms with Crippen LogP contribution in [0.15, 0.2) is 59.1 Å². The van der Waals surface area contributed by atoms with Crippen molar-refractivity contribution in [3.05, 3.63) is 64.8 Å². The van der Waals surface area contributed by atoms with Crippen molar-refractivity contribution in [1.29, 1.82) is 0 Å². The van der Waals surface area contributed by atoms with E-state index in [0.29, 0.717) is 18.0 Å². The molecule has 0 atom stereocenters. The first-order valence-corrected chi connectivity index (χ1v) is 8.30. The van der Waals surface area contributed by atoms with Gasteiger partial charge in [0.25, 0.3) is 5.91 Å². The van der Waals surface area contributed by atoms with E-state index in [0.717, 1.165) is 21.5 Å². The van der Waals surface area contributed by atoms with Crippen LogP contribution in [0.2, 0.25) is 0 Å². The number of ether oxygens (including phenoxy) is 1. The number of anilines is 1. The van der Waals surface area contributed by atoms with Crippen molar-refractivity contribution in [2.45, 2.75) is 6.92 Å². The van der Waals surface area contributed by atoms with E-state index in [1.807, 2.05) is 43.3 Å². The van der Waals surface area contributed by atoms with Crippen molar-refractivity contribution < 1.29 is 9.53 Å². The standard InChI is InChI=1S/C18H16BrN3O2/c1-2-24-15-9-7-14(8-10-15)20-18(23)17-11-16(21-22-17)12-3-5-13(19)6-4-12/h3-11H,2H2,1H3,(H,20,23)(H,21,22). The van der Waals surface area contributed by atoms with Gasteiger partial charge in [0.15, 0.2) is 0 Å². The fourth-order valence-corrected chi connectivity index (χ4v) is 2.47. The Morgan fingerprint density at radius 1 is 1.17 bits per heavy atom. The molecule has 1 amide bonds. The van der Waals surface area contributed by atoms with Gasteiger partial charge in [0, 0.05) is 15.7 Å². The molecule has 2 N–H and O–H groups in total. The molecule has 6 heteroatoms. The van der Waals surface area contributed by atoms with E-state index in [9.17, 15) is 4.79 Å². The number of nitrogens with one attached hydrogen (secondary N) is 2. The van der Waals surface area contributed by atoms with Gasteiger partial charge in [0.05, 0.1) is 12.3 Å². The first kappa shape index (κ1) is 16.3. The molecule has 1 aromatic heterocycles. The highest BCUT2D eigenvalue weighted by Gasteiger charge is 2.11. The average Bonchev–Trinajstić information content (AvgIpc) is 3.08. The fourth-order valence-electron chi connectivity index (χ4n) is 2.21. The second-order valence-electron chi connectivity index (χ2n) is 5.09. The topological polar surface area (TPSA) is 67.0 Å². The number of aromatic nitrogens is 2. The maximum atomic E-state index is 12.3. The third-order valence-corrected chi connectivity index (χ3v) is 3.91. The molecule has 1 heterocycles. The molecule has 0 aliphatic carbocycles. The van der Waals surface area contributed by atoms with Gasteiger partial charge < -0.3 is 10.1 Å². The maximum Gasteiger partial charge on any atom is 0.273 e. The Hall–Kier alpha value is -2.60. The predicted octanol–water partition coefficient (Wildman–Crippen LogP) is 4.49. The Balaban J connectivity index is 1.70. The molecule has 0 fully saturated rings. The third kappa shape index (κ3) is 3.83. The summed E-state index contributed by atoms with van der Waals surface area (Å²) < 4.78 is 6.37. The van der Waals surface area contributed by atoms with Crippen LogP contribution in [-0.2, 0) is 0 Å². The second-order valence-corrected chi connectivity index (χ2v) is 6.00. The summed E-state index contributed by atoms with van der Waals surface area (Å²) in [5.41, 5.74) is 2.76. The van der Waals surface area contributed by atoms with Crippen LogP contribution in [0.5, 0.6) is 5.75 Å². The van der Waals surface area contributed by atoms with Crippen LogP contribution < -0.4 is 10.1 Å². The maximum absolute atomic E-state index is 12.3. The van der Waals surface area contributed by atoms with Crippen LogP contribution in [-0.4, -0.2) is 22.7 Å². The minimum absolute atomic E-state index is 0.241. The summed E-state index contributed by atoms with van der Waals surface area (Å²) in [4.78, 5) is 12.3. The summed E-state index contributed by atoms with van der Waals surface area (Å²) in [5.74, 6) is 0.532. The van der Waals surface area contributed by atoms with E-state index in [1.165, 1.54) is 0 Å². The van der Waals surface area contributed by atoms with Crippen LogP contribution in [0.25, 0.3) is 11.3 Å². The van der Waals surface area contributed by atoms with Gasteiger partial charge in [-0.05, 0) is 49.4 Å². The number of nitrogens with zero attached hydrogens (tertiary/aromatic N) is 1. The molecule has 0 unspecified atom stereocenters. The van der Waals surface area contributed by atoms with Gasteiger partial charge >= 0.3 is 0 Å². The number of amides is 1. The first-order chi connectivity index (χ1) is 11.7. The normalized spacial score (nSPS) is 10.4. The lowest BCUT2D eigenvalue weighted by Gasteiger charge is -2.06. The van der Waals surface area contributed by atoms with Crippen molar-refractivity contribution in [1.82, 2.24) is 10.2 Å². The van der Waals surface area contributed by atoms with Crippen LogP contribution in [0.3, 0.4) is 0 Å². The summed E-state index contributed by atoms with van der Waals surface area (Å²) in [6.07, 6.45) is 0. The van der Waals surface area contributed by atoms with E-state index >= 15 is 0 Å². The van der Waals surface area contributed by atoms with Gasteiger partial charge in [-0.3, -0.25) is 9.89 Å². The van der Waals surface area contributed by atoms with Gasteiger partial charge in [-0.25, -0.2) is 0 Å². The summed E-state index contributed by atoms with van der Waals surface area (Å²) in [5, 5.41) is 9.80. The zero-order valence-corrected chi connectivity index (χ0v) is 14.6. The van der Waals surface area contributed by atoms with E-state index in [-0.39, 0.29) is 5.91 Å². The highest BCUT2D eigenvalue weighted by molar-refractivity contribution is 9.10. The van der Waals surface area contributed by atoms with E-state index in [4.69, 9.17) is 4.74 Å². The summed E-state index contributed by atoms with van der Waals surface area (Å²) in [6.45, 7) is 2.54. The Morgan fingerprint density at radius 2 is 1.88 bits per heavy atom. The third-order valence-electron chi connectivity index (χ3n) is 3.39. The van der Waals surface area contributed by atoms with Gasteiger partial charge in [0.2, 0.25) is 0 Å². The number of halogens is 1. The number of carbonyl (C=O) groups excluding carboxylic acids is 1. The number of aromatic amines is 1. The first-order valence-electron chi connectivity index (χ1n) is 7.51. The molecular weight excluding hydrogens is 370 g/mol. The molecule has 5 nitrogen and oxygen atoms in total. The fraction of sp³-hybridized carbons (Fsp3) is 0.111. The van der Waals surface area contributed by atoms with Crippen molar-refractivity contribution in [2.24, 2.45) is 0 Å². The Labute approximate surface area is 148 Å². The van der Waals surface area contributed by atoms with Crippen molar-refractivity contribution in [3.63, 3.8) is 0 Å². The molecule has 24 heavy (non-hydrogen) atoms. The number of hydrogen-bond acceptors (Lipinski definition) is 3. The molecule has 0 aliphatic rings. The van der Waals surface area contributed by atoms with Gasteiger partial charge in [0.1, 0.15) is 11.4 Å². The van der Waals surface area contributed by atoms with Gasteiger partial charge in [-0.2, -0.15) is 5.10 Å². The van der Waals surface area contributed by atoms with Crippen LogP contribution in [0.1, 0.15) is 17.4 Å². The second kappa shape index (κ2) is 7.31. The number of H-pyrrole nitrogens is 1. The molecule has 0 saturated heterocycles. The molecule has 0 bridgehead atoms. The van der Waals surface area contributed by atoms with Crippen molar-refractivity contribution in [3.8, 4) is 17.0 Å². The minimum atomic E-state index is -0.241. The van der Waals surface area contributed by atoms with E-state index in [1.54, 1.807) is 18.2 Å². The lowest BCUT2D eigenvalue weighted by molar-refractivity contribution is 0.102. The molecule has 3 rings (SSSR count). The number of rotatable bonds is 5. The smallest absolute Gasteiger partial charge is 0.273 e. The summed E-state index contributed by atoms with van der Waals surface area (Å²) in [6, 6.07) is 16.7. The van der Waals surface area contributed by atoms with Crippen molar-refractivity contribution >= 4 is 27.5 Å². The van der Waals surface area contributed by atoms with Crippen molar-refractivity contribution in [2.75, 3.05) is 11.9 Å². The Morgan fingerprint density at radius 3 is 2.54 bits per heavy atom. The molecular formula is C18H16BrN3O2. The molecule has 2 aromatic carbocycles. The van der Waals surface area contributed by atoms with Gasteiger partial charge in [-0.1, -0.05) is 28.1 Å². The van der Waals surface area contributed by atoms with Crippen LogP contribution in [0, 0.1) is 0 Å². The number of carbonyl (C=O) groups is 1. The van der Waals surface area contributed by atoms with E-state index in [2.05, 4.69) is 31.4 Å². The van der Waals surface area contributed by atoms with Gasteiger partial charge in [-0.15, -0.1) is 0 Å². The highest BCUT2D eigenvalue weighted by atomic mass is 79.9. The molecule has 0 aliphatic heterocycles. The van der Waals surface area contributed by atoms with Crippen LogP contribution in [0.4, 0.5) is 5.69 Å². The number of hydrogen-bond donors (Lipinski definition) is 2. The lowest BCUT2D eigenvalue weighted by atomic mass is 10.1. The average molecular weight is 386 g/mol. The predicted molar refractivity (Wildman–Crippen MR) is 97.3 cm³/mol. The zero-order valence-electron chi connectivity index (χ0n) is 13.0.